The number of H-pyrrole nitrogens is 1. The van der Waals surface area contributed by atoms with Crippen LogP contribution in [-0.4, -0.2) is 40.3 Å². The lowest BCUT2D eigenvalue weighted by Gasteiger charge is -2.19. The number of ether oxygens (including phenoxy) is 3. The van der Waals surface area contributed by atoms with E-state index in [1.165, 1.54) is 13.2 Å². The smallest absolute Gasteiger partial charge is 0.306 e. The van der Waals surface area contributed by atoms with Gasteiger partial charge in [-0.15, -0.1) is 5.10 Å². The van der Waals surface area contributed by atoms with Crippen LogP contribution in [0, 0.1) is 19.7 Å². The molecule has 6 rings (SSSR count). The normalized spacial score (nSPS) is 17.6. The molecule has 0 amide bonds. The van der Waals surface area contributed by atoms with Gasteiger partial charge in [0.15, 0.2) is 5.82 Å². The van der Waals surface area contributed by atoms with Crippen molar-refractivity contribution in [1.29, 1.82) is 0 Å². The Bertz CT molecular complexity index is 1510. The second-order valence-corrected chi connectivity index (χ2v) is 9.86. The van der Waals surface area contributed by atoms with Gasteiger partial charge in [0.1, 0.15) is 23.4 Å². The van der Waals surface area contributed by atoms with Crippen molar-refractivity contribution in [2.75, 3.05) is 13.7 Å². The van der Waals surface area contributed by atoms with Crippen LogP contribution >= 0.6 is 0 Å². The number of aromatic nitrogens is 4. The molecule has 0 radical (unpaired) electrons. The Morgan fingerprint density at radius 1 is 1.16 bits per heavy atom. The Morgan fingerprint density at radius 3 is 2.71 bits per heavy atom. The van der Waals surface area contributed by atoms with Gasteiger partial charge in [-0.1, -0.05) is 12.1 Å². The summed E-state index contributed by atoms with van der Waals surface area (Å²) in [6.45, 7) is 4.52. The van der Waals surface area contributed by atoms with E-state index in [2.05, 4.69) is 20.6 Å². The molecule has 1 aromatic heterocycles. The molecule has 1 N–H and O–H groups in total. The zero-order valence-corrected chi connectivity index (χ0v) is 21.4. The van der Waals surface area contributed by atoms with Gasteiger partial charge in [-0.05, 0) is 89.2 Å². The maximum absolute atomic E-state index is 15.2. The quantitative estimate of drug-likeness (QED) is 0.344. The maximum Gasteiger partial charge on any atom is 0.306 e. The summed E-state index contributed by atoms with van der Waals surface area (Å²) in [5, 5.41) is 14.2. The molecule has 194 valence electrons. The molecular weight excluding hydrogens is 487 g/mol. The molecule has 9 heteroatoms. The van der Waals surface area contributed by atoms with Crippen LogP contribution in [0.15, 0.2) is 42.5 Å². The summed E-state index contributed by atoms with van der Waals surface area (Å²) >= 11 is 0. The third kappa shape index (κ3) is 4.17. The number of carbonyl (C=O) groups is 1. The van der Waals surface area contributed by atoms with Crippen molar-refractivity contribution in [2.45, 2.75) is 45.1 Å². The van der Waals surface area contributed by atoms with Crippen molar-refractivity contribution in [3.63, 3.8) is 0 Å². The minimum atomic E-state index is -0.407. The summed E-state index contributed by atoms with van der Waals surface area (Å²) in [5.41, 5.74) is 7.67. The predicted octanol–water partition coefficient (Wildman–Crippen LogP) is 5.40. The summed E-state index contributed by atoms with van der Waals surface area (Å²) in [6, 6.07) is 13.1. The first-order valence-corrected chi connectivity index (χ1v) is 12.6. The lowest BCUT2D eigenvalue weighted by Crippen LogP contribution is -2.09. The summed E-state index contributed by atoms with van der Waals surface area (Å²) in [7, 11) is 1.38. The number of carbonyl (C=O) groups excluding carboxylic acids is 1. The highest BCUT2D eigenvalue weighted by Crippen LogP contribution is 2.45. The second-order valence-electron chi connectivity index (χ2n) is 9.86. The fourth-order valence-corrected chi connectivity index (χ4v) is 5.78. The number of nitrogens with zero attached hydrogens (tertiary/aromatic N) is 3. The van der Waals surface area contributed by atoms with Crippen molar-refractivity contribution >= 4 is 5.97 Å². The molecule has 0 bridgehead atoms. The lowest BCUT2D eigenvalue weighted by atomic mass is 9.89. The summed E-state index contributed by atoms with van der Waals surface area (Å²) in [6.07, 6.45) is 1.24. The van der Waals surface area contributed by atoms with Gasteiger partial charge in [0.05, 0.1) is 20.1 Å². The largest absolute Gasteiger partial charge is 0.492 e. The van der Waals surface area contributed by atoms with Crippen LogP contribution in [0.4, 0.5) is 4.39 Å². The first kappa shape index (κ1) is 24.1. The van der Waals surface area contributed by atoms with Crippen LogP contribution in [0.2, 0.25) is 0 Å². The van der Waals surface area contributed by atoms with Crippen molar-refractivity contribution in [3.8, 4) is 34.0 Å². The third-order valence-corrected chi connectivity index (χ3v) is 7.49. The van der Waals surface area contributed by atoms with Crippen LogP contribution in [0.1, 0.15) is 52.7 Å². The van der Waals surface area contributed by atoms with E-state index in [1.807, 2.05) is 50.2 Å². The molecule has 1 aliphatic carbocycles. The van der Waals surface area contributed by atoms with Gasteiger partial charge in [0.25, 0.3) is 0 Å². The average Bonchev–Trinajstić information content (AvgIpc) is 3.66. The highest BCUT2D eigenvalue weighted by Gasteiger charge is 2.32. The number of esters is 1. The number of rotatable bonds is 6. The fraction of sp³-hybridized carbons (Fsp3) is 0.310. The highest BCUT2D eigenvalue weighted by molar-refractivity contribution is 5.78. The summed E-state index contributed by atoms with van der Waals surface area (Å²) in [5.74, 6) is 1.34. The first-order chi connectivity index (χ1) is 18.4. The summed E-state index contributed by atoms with van der Waals surface area (Å²) in [4.78, 5) is 11.7. The number of fused-ring (bicyclic) bond motifs is 2. The first-order valence-electron chi connectivity index (χ1n) is 12.6. The standard InChI is InChI=1S/C29H27FN4O4/c1-15-10-17(29-31-33-34-32-29)11-16(2)27(15)21-6-8-23(30)28-22(21)7-9-24(28)38-19-4-5-20-18(12-26(35)36-3)14-37-25(20)13-19/h4-6,8,10-11,13,18,24H,7,9,12,14H2,1-3H3,(H,31,32,33,34)/t18-,24-/m1/s1. The molecule has 0 unspecified atom stereocenters. The van der Waals surface area contributed by atoms with Crippen LogP contribution in [-0.2, 0) is 16.0 Å². The van der Waals surface area contributed by atoms with E-state index in [0.29, 0.717) is 42.3 Å². The third-order valence-electron chi connectivity index (χ3n) is 7.49. The van der Waals surface area contributed by atoms with E-state index in [0.717, 1.165) is 38.9 Å². The molecule has 0 spiro atoms. The zero-order chi connectivity index (χ0) is 26.4. The van der Waals surface area contributed by atoms with Crippen LogP contribution in [0.3, 0.4) is 0 Å². The monoisotopic (exact) mass is 514 g/mol. The topological polar surface area (TPSA) is 99.2 Å². The number of hydrogen-bond donors (Lipinski definition) is 1. The van der Waals surface area contributed by atoms with E-state index >= 15 is 4.39 Å². The molecule has 2 atom stereocenters. The number of halogens is 1. The van der Waals surface area contributed by atoms with Crippen LogP contribution in [0.25, 0.3) is 22.5 Å². The molecular formula is C29H27FN4O4. The number of tetrazole rings is 1. The van der Waals surface area contributed by atoms with Crippen molar-refractivity contribution in [2.24, 2.45) is 0 Å². The van der Waals surface area contributed by atoms with E-state index in [1.54, 1.807) is 0 Å². The molecule has 8 nitrogen and oxygen atoms in total. The molecule has 0 fully saturated rings. The number of aryl methyl sites for hydroxylation is 2. The minimum absolute atomic E-state index is 0.0445. The van der Waals surface area contributed by atoms with Crippen LogP contribution in [0.5, 0.6) is 11.5 Å². The van der Waals surface area contributed by atoms with Gasteiger partial charge in [-0.2, -0.15) is 0 Å². The fourth-order valence-electron chi connectivity index (χ4n) is 5.78. The minimum Gasteiger partial charge on any atom is -0.492 e. The molecule has 2 aliphatic rings. The molecule has 0 saturated carbocycles. The average molecular weight is 515 g/mol. The number of benzene rings is 3. The Balaban J connectivity index is 1.29. The lowest BCUT2D eigenvalue weighted by molar-refractivity contribution is -0.141. The number of methoxy groups -OCH3 is 1. The van der Waals surface area contributed by atoms with E-state index in [9.17, 15) is 4.79 Å². The van der Waals surface area contributed by atoms with Crippen LogP contribution < -0.4 is 9.47 Å². The summed E-state index contributed by atoms with van der Waals surface area (Å²) < 4.78 is 32.2. The van der Waals surface area contributed by atoms with Gasteiger partial charge in [-0.25, -0.2) is 9.49 Å². The SMILES string of the molecule is COC(=O)C[C@@H]1COc2cc(O[C@@H]3CCc4c(-c5c(C)cc(-c6nnn[nH]6)cc5C)ccc(F)c43)ccc21. The Hall–Kier alpha value is -4.27. The van der Waals surface area contributed by atoms with Crippen molar-refractivity contribution < 1.29 is 23.4 Å². The van der Waals surface area contributed by atoms with Gasteiger partial charge < -0.3 is 14.2 Å². The van der Waals surface area contributed by atoms with Crippen molar-refractivity contribution in [1.82, 2.24) is 20.6 Å². The molecule has 2 heterocycles. The Kier molecular flexibility index (Phi) is 6.06. The Morgan fingerprint density at radius 2 is 1.97 bits per heavy atom. The van der Waals surface area contributed by atoms with Gasteiger partial charge >= 0.3 is 5.97 Å². The van der Waals surface area contributed by atoms with Gasteiger partial charge in [0.2, 0.25) is 0 Å². The Labute approximate surface area is 219 Å². The van der Waals surface area contributed by atoms with Gasteiger partial charge in [-0.3, -0.25) is 4.79 Å². The number of hydrogen-bond acceptors (Lipinski definition) is 7. The zero-order valence-electron chi connectivity index (χ0n) is 21.4. The molecule has 0 saturated heterocycles. The molecule has 38 heavy (non-hydrogen) atoms. The van der Waals surface area contributed by atoms with E-state index < -0.39 is 6.10 Å². The highest BCUT2D eigenvalue weighted by atomic mass is 19.1. The maximum atomic E-state index is 15.2. The predicted molar refractivity (Wildman–Crippen MR) is 137 cm³/mol. The number of nitrogens with one attached hydrogen (secondary N) is 1. The molecule has 3 aromatic carbocycles. The van der Waals surface area contributed by atoms with Crippen molar-refractivity contribution in [3.05, 3.63) is 76.1 Å². The van der Waals surface area contributed by atoms with Gasteiger partial charge in [0, 0.05) is 28.7 Å². The van der Waals surface area contributed by atoms with E-state index in [-0.39, 0.29) is 24.1 Å². The number of aromatic amines is 1. The van der Waals surface area contributed by atoms with E-state index in [4.69, 9.17) is 14.2 Å². The second kappa shape index (κ2) is 9.55. The molecule has 4 aromatic rings. The molecule has 1 aliphatic heterocycles.